The molecule has 0 radical (unpaired) electrons. The van der Waals surface area contributed by atoms with Crippen molar-refractivity contribution in [3.8, 4) is 5.88 Å². The van der Waals surface area contributed by atoms with Gasteiger partial charge in [-0.3, -0.25) is 0 Å². The zero-order chi connectivity index (χ0) is 11.3. The molecule has 0 aromatic carbocycles. The molecule has 1 heterocycles. The molecule has 0 amide bonds. The second kappa shape index (κ2) is 5.39. The predicted molar refractivity (Wildman–Crippen MR) is 57.3 cm³/mol. The van der Waals surface area contributed by atoms with Gasteiger partial charge in [-0.05, 0) is 22.0 Å². The van der Waals surface area contributed by atoms with E-state index in [1.54, 1.807) is 19.1 Å². The van der Waals surface area contributed by atoms with E-state index in [0.29, 0.717) is 6.42 Å². The van der Waals surface area contributed by atoms with E-state index >= 15 is 0 Å². The molecule has 0 bridgehead atoms. The first kappa shape index (κ1) is 12.4. The molecule has 1 aromatic rings. The van der Waals surface area contributed by atoms with Crippen molar-refractivity contribution >= 4 is 15.9 Å². The average Bonchev–Trinajstić information content (AvgIpc) is 2.17. The lowest BCUT2D eigenvalue weighted by Gasteiger charge is -2.15. The zero-order valence-corrected chi connectivity index (χ0v) is 9.93. The summed E-state index contributed by atoms with van der Waals surface area (Å²) in [6.07, 6.45) is 1.78. The first-order valence-electron chi connectivity index (χ1n) is 4.66. The summed E-state index contributed by atoms with van der Waals surface area (Å²) in [5.74, 6) is -2.56. The van der Waals surface area contributed by atoms with Gasteiger partial charge in [0.15, 0.2) is 6.61 Å². The molecule has 2 nitrogen and oxygen atoms in total. The Labute approximate surface area is 95.8 Å². The molecule has 0 N–H and O–H groups in total. The number of nitrogens with zero attached hydrogens (tertiary/aromatic N) is 1. The van der Waals surface area contributed by atoms with Crippen LogP contribution in [0.4, 0.5) is 8.78 Å². The maximum atomic E-state index is 13.0. The van der Waals surface area contributed by atoms with Crippen LogP contribution in [0.15, 0.2) is 22.8 Å². The Morgan fingerprint density at radius 1 is 1.47 bits per heavy atom. The highest BCUT2D eigenvalue weighted by atomic mass is 79.9. The van der Waals surface area contributed by atoms with Crippen molar-refractivity contribution in [2.75, 3.05) is 6.61 Å². The Morgan fingerprint density at radius 3 is 2.73 bits per heavy atom. The Kier molecular flexibility index (Phi) is 4.45. The summed E-state index contributed by atoms with van der Waals surface area (Å²) in [6.45, 7) is 1.10. The second-order valence-electron chi connectivity index (χ2n) is 3.21. The molecule has 84 valence electrons. The average molecular weight is 280 g/mol. The van der Waals surface area contributed by atoms with E-state index < -0.39 is 12.5 Å². The van der Waals surface area contributed by atoms with E-state index in [0.717, 1.165) is 4.47 Å². The SMILES string of the molecule is CCCC(F)(F)COc1ccc(Br)cn1. The Morgan fingerprint density at radius 2 is 2.20 bits per heavy atom. The number of hydrogen-bond acceptors (Lipinski definition) is 2. The van der Waals surface area contributed by atoms with Gasteiger partial charge in [0.2, 0.25) is 5.88 Å². The first-order valence-corrected chi connectivity index (χ1v) is 5.45. The molecule has 0 unspecified atom stereocenters. The number of alkyl halides is 2. The molecule has 1 rings (SSSR count). The van der Waals surface area contributed by atoms with Crippen LogP contribution in [0, 0.1) is 0 Å². The van der Waals surface area contributed by atoms with Crippen LogP contribution in [-0.2, 0) is 0 Å². The Bertz CT molecular complexity index is 303. The maximum absolute atomic E-state index is 13.0. The van der Waals surface area contributed by atoms with E-state index in [2.05, 4.69) is 20.9 Å². The minimum absolute atomic E-state index is 0.163. The molecular formula is C10H12BrF2NO. The Balaban J connectivity index is 2.46. The highest BCUT2D eigenvalue weighted by Crippen LogP contribution is 2.21. The minimum Gasteiger partial charge on any atom is -0.471 e. The normalized spacial score (nSPS) is 11.5. The number of halogens is 3. The lowest BCUT2D eigenvalue weighted by molar-refractivity contribution is -0.0491. The van der Waals surface area contributed by atoms with Gasteiger partial charge in [0.25, 0.3) is 5.92 Å². The van der Waals surface area contributed by atoms with E-state index in [1.807, 2.05) is 0 Å². The molecule has 0 atom stereocenters. The standard InChI is InChI=1S/C10H12BrF2NO/c1-2-5-10(12,13)7-15-9-4-3-8(11)6-14-9/h3-4,6H,2,5,7H2,1H3. The van der Waals surface area contributed by atoms with Crippen LogP contribution < -0.4 is 4.74 Å². The molecule has 0 aliphatic heterocycles. The second-order valence-corrected chi connectivity index (χ2v) is 4.12. The predicted octanol–water partition coefficient (Wildman–Crippen LogP) is 3.66. The summed E-state index contributed by atoms with van der Waals surface area (Å²) < 4.78 is 31.7. The number of ether oxygens (including phenoxy) is 1. The molecule has 0 spiro atoms. The summed E-state index contributed by atoms with van der Waals surface area (Å²) in [5, 5.41) is 0. The highest BCUT2D eigenvalue weighted by molar-refractivity contribution is 9.10. The van der Waals surface area contributed by atoms with Crippen LogP contribution in [-0.4, -0.2) is 17.5 Å². The van der Waals surface area contributed by atoms with Gasteiger partial charge in [0.1, 0.15) is 0 Å². The number of hydrogen-bond donors (Lipinski definition) is 0. The third-order valence-corrected chi connectivity index (χ3v) is 2.22. The van der Waals surface area contributed by atoms with Crippen molar-refractivity contribution in [3.63, 3.8) is 0 Å². The van der Waals surface area contributed by atoms with Crippen molar-refractivity contribution in [1.82, 2.24) is 4.98 Å². The van der Waals surface area contributed by atoms with Crippen molar-refractivity contribution in [2.24, 2.45) is 0 Å². The molecular weight excluding hydrogens is 268 g/mol. The van der Waals surface area contributed by atoms with E-state index in [4.69, 9.17) is 4.74 Å². The summed E-state index contributed by atoms with van der Waals surface area (Å²) in [6, 6.07) is 3.24. The molecule has 15 heavy (non-hydrogen) atoms. The van der Waals surface area contributed by atoms with Gasteiger partial charge in [0.05, 0.1) is 0 Å². The van der Waals surface area contributed by atoms with Gasteiger partial charge in [-0.1, -0.05) is 13.3 Å². The van der Waals surface area contributed by atoms with Crippen LogP contribution in [0.2, 0.25) is 0 Å². The van der Waals surface area contributed by atoms with Crippen LogP contribution in [0.3, 0.4) is 0 Å². The van der Waals surface area contributed by atoms with Crippen molar-refractivity contribution in [3.05, 3.63) is 22.8 Å². The van der Waals surface area contributed by atoms with Crippen molar-refractivity contribution in [2.45, 2.75) is 25.7 Å². The molecule has 0 saturated carbocycles. The van der Waals surface area contributed by atoms with Gasteiger partial charge >= 0.3 is 0 Å². The quantitative estimate of drug-likeness (QED) is 0.821. The Hall–Kier alpha value is -0.710. The van der Waals surface area contributed by atoms with Gasteiger partial charge in [0, 0.05) is 23.2 Å². The highest BCUT2D eigenvalue weighted by Gasteiger charge is 2.28. The van der Waals surface area contributed by atoms with E-state index in [9.17, 15) is 8.78 Å². The minimum atomic E-state index is -2.77. The fraction of sp³-hybridized carbons (Fsp3) is 0.500. The lowest BCUT2D eigenvalue weighted by Crippen LogP contribution is -2.25. The fourth-order valence-electron chi connectivity index (χ4n) is 1.07. The van der Waals surface area contributed by atoms with Gasteiger partial charge in [-0.2, -0.15) is 0 Å². The maximum Gasteiger partial charge on any atom is 0.281 e. The summed E-state index contributed by atoms with van der Waals surface area (Å²) in [7, 11) is 0. The summed E-state index contributed by atoms with van der Waals surface area (Å²) in [5.41, 5.74) is 0. The molecule has 0 aliphatic rings. The van der Waals surface area contributed by atoms with Crippen LogP contribution in [0.1, 0.15) is 19.8 Å². The lowest BCUT2D eigenvalue weighted by atomic mass is 10.2. The van der Waals surface area contributed by atoms with Crippen LogP contribution in [0.5, 0.6) is 5.88 Å². The monoisotopic (exact) mass is 279 g/mol. The van der Waals surface area contributed by atoms with Crippen molar-refractivity contribution < 1.29 is 13.5 Å². The number of pyridine rings is 1. The summed E-state index contributed by atoms with van der Waals surface area (Å²) >= 11 is 3.19. The molecule has 0 fully saturated rings. The van der Waals surface area contributed by atoms with E-state index in [1.165, 1.54) is 6.20 Å². The molecule has 5 heteroatoms. The van der Waals surface area contributed by atoms with Crippen LogP contribution in [0.25, 0.3) is 0 Å². The largest absolute Gasteiger partial charge is 0.471 e. The molecule has 0 aliphatic carbocycles. The fourth-order valence-corrected chi connectivity index (χ4v) is 1.30. The third kappa shape index (κ3) is 4.55. The van der Waals surface area contributed by atoms with Crippen molar-refractivity contribution in [1.29, 1.82) is 0 Å². The smallest absolute Gasteiger partial charge is 0.281 e. The third-order valence-electron chi connectivity index (χ3n) is 1.75. The first-order chi connectivity index (χ1) is 7.03. The van der Waals surface area contributed by atoms with Gasteiger partial charge in [-0.15, -0.1) is 0 Å². The number of rotatable bonds is 5. The summed E-state index contributed by atoms with van der Waals surface area (Å²) in [4.78, 5) is 3.84. The molecule has 1 aromatic heterocycles. The number of aromatic nitrogens is 1. The van der Waals surface area contributed by atoms with Gasteiger partial charge < -0.3 is 4.74 Å². The zero-order valence-electron chi connectivity index (χ0n) is 8.34. The topological polar surface area (TPSA) is 22.1 Å². The van der Waals surface area contributed by atoms with Gasteiger partial charge in [-0.25, -0.2) is 13.8 Å². The molecule has 0 saturated heterocycles. The van der Waals surface area contributed by atoms with Crippen LogP contribution >= 0.6 is 15.9 Å². The van der Waals surface area contributed by atoms with E-state index in [-0.39, 0.29) is 12.3 Å².